The predicted octanol–water partition coefficient (Wildman–Crippen LogP) is 1.39. The van der Waals surface area contributed by atoms with Gasteiger partial charge in [0.2, 0.25) is 0 Å². The molecule has 2 N–H and O–H groups in total. The Labute approximate surface area is 70.1 Å². The standard InChI is InChI=1S/C9H9N3/c1-2-7-6-12(10)9-8(7)4-3-5-11-9/h2-6H,1,10H2. The molecule has 0 saturated heterocycles. The van der Waals surface area contributed by atoms with Crippen LogP contribution < -0.4 is 5.84 Å². The molecular formula is C9H9N3. The van der Waals surface area contributed by atoms with Gasteiger partial charge in [0.05, 0.1) is 0 Å². The van der Waals surface area contributed by atoms with E-state index in [9.17, 15) is 0 Å². The van der Waals surface area contributed by atoms with E-state index in [-0.39, 0.29) is 0 Å². The first-order valence-electron chi connectivity index (χ1n) is 3.66. The first-order valence-corrected chi connectivity index (χ1v) is 3.66. The van der Waals surface area contributed by atoms with Crippen molar-refractivity contribution in [3.8, 4) is 0 Å². The molecule has 0 aliphatic heterocycles. The lowest BCUT2D eigenvalue weighted by Crippen LogP contribution is -2.05. The van der Waals surface area contributed by atoms with Crippen molar-refractivity contribution in [1.29, 1.82) is 0 Å². The molecule has 0 fully saturated rings. The SMILES string of the molecule is C=Cc1cn(N)c2ncccc12. The Morgan fingerprint density at radius 1 is 1.58 bits per heavy atom. The molecule has 2 aromatic heterocycles. The van der Waals surface area contributed by atoms with Gasteiger partial charge in [0.15, 0.2) is 5.65 Å². The second-order valence-electron chi connectivity index (χ2n) is 2.57. The largest absolute Gasteiger partial charge is 0.338 e. The smallest absolute Gasteiger partial charge is 0.158 e. The monoisotopic (exact) mass is 159 g/mol. The molecule has 0 spiro atoms. The van der Waals surface area contributed by atoms with Gasteiger partial charge in [0.1, 0.15) is 0 Å². The van der Waals surface area contributed by atoms with E-state index in [0.717, 1.165) is 16.6 Å². The zero-order chi connectivity index (χ0) is 8.55. The van der Waals surface area contributed by atoms with Gasteiger partial charge in [-0.2, -0.15) is 0 Å². The molecule has 2 heterocycles. The summed E-state index contributed by atoms with van der Waals surface area (Å²) >= 11 is 0. The summed E-state index contributed by atoms with van der Waals surface area (Å²) in [6, 6.07) is 3.86. The number of hydrogen-bond acceptors (Lipinski definition) is 2. The van der Waals surface area contributed by atoms with Gasteiger partial charge in [-0.05, 0) is 12.1 Å². The van der Waals surface area contributed by atoms with Gasteiger partial charge in [-0.3, -0.25) is 4.68 Å². The molecule has 2 rings (SSSR count). The third-order valence-electron chi connectivity index (χ3n) is 1.84. The van der Waals surface area contributed by atoms with Crippen LogP contribution in [-0.4, -0.2) is 9.66 Å². The molecule has 60 valence electrons. The maximum atomic E-state index is 5.66. The summed E-state index contributed by atoms with van der Waals surface area (Å²) in [5.41, 5.74) is 1.80. The van der Waals surface area contributed by atoms with Crippen molar-refractivity contribution in [2.45, 2.75) is 0 Å². The Kier molecular flexibility index (Phi) is 1.37. The van der Waals surface area contributed by atoms with Crippen LogP contribution >= 0.6 is 0 Å². The zero-order valence-electron chi connectivity index (χ0n) is 6.57. The van der Waals surface area contributed by atoms with E-state index in [1.807, 2.05) is 18.3 Å². The van der Waals surface area contributed by atoms with Crippen molar-refractivity contribution in [1.82, 2.24) is 9.66 Å². The summed E-state index contributed by atoms with van der Waals surface area (Å²) in [5.74, 6) is 5.66. The molecular weight excluding hydrogens is 150 g/mol. The van der Waals surface area contributed by atoms with Gasteiger partial charge in [-0.25, -0.2) is 4.98 Å². The maximum Gasteiger partial charge on any atom is 0.158 e. The van der Waals surface area contributed by atoms with Crippen LogP contribution in [0.4, 0.5) is 0 Å². The van der Waals surface area contributed by atoms with E-state index in [4.69, 9.17) is 5.84 Å². The molecule has 3 nitrogen and oxygen atoms in total. The fourth-order valence-electron chi connectivity index (χ4n) is 1.27. The lowest BCUT2D eigenvalue weighted by molar-refractivity contribution is 1.04. The van der Waals surface area contributed by atoms with Gasteiger partial charge < -0.3 is 5.84 Å². The van der Waals surface area contributed by atoms with Crippen LogP contribution in [0.1, 0.15) is 5.56 Å². The Morgan fingerprint density at radius 3 is 3.17 bits per heavy atom. The molecule has 12 heavy (non-hydrogen) atoms. The number of fused-ring (bicyclic) bond motifs is 1. The minimum absolute atomic E-state index is 0.785. The molecule has 0 unspecified atom stereocenters. The summed E-state index contributed by atoms with van der Waals surface area (Å²) < 4.78 is 1.51. The number of hydrogen-bond donors (Lipinski definition) is 1. The minimum atomic E-state index is 0.785. The number of nitrogens with zero attached hydrogens (tertiary/aromatic N) is 2. The first-order chi connectivity index (χ1) is 5.83. The van der Waals surface area contributed by atoms with Gasteiger partial charge in [-0.15, -0.1) is 0 Å². The van der Waals surface area contributed by atoms with E-state index < -0.39 is 0 Å². The van der Waals surface area contributed by atoms with Crippen molar-refractivity contribution in [2.24, 2.45) is 0 Å². The molecule has 0 radical (unpaired) electrons. The fourth-order valence-corrected chi connectivity index (χ4v) is 1.27. The van der Waals surface area contributed by atoms with Crippen LogP contribution in [0.2, 0.25) is 0 Å². The molecule has 0 saturated carbocycles. The van der Waals surface area contributed by atoms with Crippen LogP contribution in [0.5, 0.6) is 0 Å². The summed E-state index contributed by atoms with van der Waals surface area (Å²) in [5, 5.41) is 1.04. The minimum Gasteiger partial charge on any atom is -0.338 e. The molecule has 0 aliphatic carbocycles. The Morgan fingerprint density at radius 2 is 2.42 bits per heavy atom. The maximum absolute atomic E-state index is 5.66. The van der Waals surface area contributed by atoms with Crippen molar-refractivity contribution in [3.05, 3.63) is 36.7 Å². The number of pyridine rings is 1. The Balaban J connectivity index is 2.91. The van der Waals surface area contributed by atoms with Gasteiger partial charge in [-0.1, -0.05) is 12.7 Å². The fraction of sp³-hybridized carbons (Fsp3) is 0. The molecule has 0 aromatic carbocycles. The molecule has 0 atom stereocenters. The normalized spacial score (nSPS) is 10.3. The second-order valence-corrected chi connectivity index (χ2v) is 2.57. The van der Waals surface area contributed by atoms with Crippen LogP contribution in [0, 0.1) is 0 Å². The van der Waals surface area contributed by atoms with Crippen molar-refractivity contribution in [3.63, 3.8) is 0 Å². The lowest BCUT2D eigenvalue weighted by Gasteiger charge is -1.91. The van der Waals surface area contributed by atoms with Gasteiger partial charge >= 0.3 is 0 Å². The number of aromatic nitrogens is 2. The summed E-state index contributed by atoms with van der Waals surface area (Å²) in [6.45, 7) is 3.70. The molecule has 0 amide bonds. The van der Waals surface area contributed by atoms with Gasteiger partial charge in [0, 0.05) is 23.3 Å². The highest BCUT2D eigenvalue weighted by Gasteiger charge is 2.02. The van der Waals surface area contributed by atoms with E-state index >= 15 is 0 Å². The average molecular weight is 159 g/mol. The third-order valence-corrected chi connectivity index (χ3v) is 1.84. The van der Waals surface area contributed by atoms with Crippen LogP contribution in [-0.2, 0) is 0 Å². The van der Waals surface area contributed by atoms with Crippen LogP contribution in [0.3, 0.4) is 0 Å². The van der Waals surface area contributed by atoms with Crippen LogP contribution in [0.25, 0.3) is 17.1 Å². The molecule has 3 heteroatoms. The van der Waals surface area contributed by atoms with Crippen LogP contribution in [0.15, 0.2) is 31.1 Å². The molecule has 0 aliphatic rings. The number of nitrogens with two attached hydrogens (primary N) is 1. The number of nitrogen functional groups attached to an aromatic ring is 1. The number of rotatable bonds is 1. The van der Waals surface area contributed by atoms with E-state index in [0.29, 0.717) is 0 Å². The lowest BCUT2D eigenvalue weighted by atomic mass is 10.2. The quantitative estimate of drug-likeness (QED) is 0.639. The zero-order valence-corrected chi connectivity index (χ0v) is 6.57. The Hall–Kier alpha value is -1.77. The van der Waals surface area contributed by atoms with Crippen molar-refractivity contribution < 1.29 is 0 Å². The van der Waals surface area contributed by atoms with Crippen molar-refractivity contribution in [2.75, 3.05) is 5.84 Å². The van der Waals surface area contributed by atoms with Gasteiger partial charge in [0.25, 0.3) is 0 Å². The average Bonchev–Trinajstić information content (AvgIpc) is 2.44. The molecule has 2 aromatic rings. The highest BCUT2D eigenvalue weighted by atomic mass is 15.3. The summed E-state index contributed by atoms with van der Waals surface area (Å²) in [4.78, 5) is 4.14. The van der Waals surface area contributed by atoms with Crippen molar-refractivity contribution >= 4 is 17.1 Å². The van der Waals surface area contributed by atoms with E-state index in [1.165, 1.54) is 4.68 Å². The summed E-state index contributed by atoms with van der Waals surface area (Å²) in [6.07, 6.45) is 5.30. The van der Waals surface area contributed by atoms with E-state index in [2.05, 4.69) is 11.6 Å². The Bertz CT molecular complexity index is 428. The second kappa shape index (κ2) is 2.37. The highest BCUT2D eigenvalue weighted by molar-refractivity contribution is 5.86. The third kappa shape index (κ3) is 0.797. The predicted molar refractivity (Wildman–Crippen MR) is 50.0 cm³/mol. The highest BCUT2D eigenvalue weighted by Crippen LogP contribution is 2.17. The van der Waals surface area contributed by atoms with E-state index in [1.54, 1.807) is 12.3 Å². The summed E-state index contributed by atoms with van der Waals surface area (Å²) in [7, 11) is 0. The topological polar surface area (TPSA) is 43.8 Å². The molecule has 0 bridgehead atoms. The first kappa shape index (κ1) is 6.91.